The van der Waals surface area contributed by atoms with Crippen molar-refractivity contribution in [2.24, 2.45) is 7.05 Å². The normalized spacial score (nSPS) is 10.8. The van der Waals surface area contributed by atoms with Gasteiger partial charge in [0.15, 0.2) is 5.82 Å². The molecule has 0 saturated carbocycles. The number of fused-ring (bicyclic) bond motifs is 1. The summed E-state index contributed by atoms with van der Waals surface area (Å²) in [6.45, 7) is 1.70. The number of carbonyl (C=O) groups excluding carboxylic acids is 2. The highest BCUT2D eigenvalue weighted by Crippen LogP contribution is 2.21. The maximum atomic E-state index is 12.3. The Bertz CT molecular complexity index is 845. The van der Waals surface area contributed by atoms with Crippen molar-refractivity contribution < 1.29 is 14.1 Å². The Kier molecular flexibility index (Phi) is 3.06. The van der Waals surface area contributed by atoms with Crippen LogP contribution in [-0.4, -0.2) is 21.4 Å². The molecule has 6 heteroatoms. The van der Waals surface area contributed by atoms with Crippen molar-refractivity contribution in [1.29, 1.82) is 0 Å². The van der Waals surface area contributed by atoms with Gasteiger partial charge in [-0.05, 0) is 13.0 Å². The summed E-state index contributed by atoms with van der Waals surface area (Å²) in [4.78, 5) is 24.3. The van der Waals surface area contributed by atoms with Crippen LogP contribution < -0.4 is 5.32 Å². The molecular formula is C15H13N3O3. The van der Waals surface area contributed by atoms with E-state index < -0.39 is 11.7 Å². The number of hydrogen-bond acceptors (Lipinski definition) is 4. The van der Waals surface area contributed by atoms with Gasteiger partial charge < -0.3 is 14.4 Å². The van der Waals surface area contributed by atoms with Crippen molar-refractivity contribution >= 4 is 28.4 Å². The zero-order valence-electron chi connectivity index (χ0n) is 11.6. The topological polar surface area (TPSA) is 77.1 Å². The summed E-state index contributed by atoms with van der Waals surface area (Å²) in [5, 5.41) is 6.81. The van der Waals surface area contributed by atoms with E-state index in [0.717, 1.165) is 10.9 Å². The fourth-order valence-electron chi connectivity index (χ4n) is 2.24. The first kappa shape index (κ1) is 13.1. The number of amides is 1. The van der Waals surface area contributed by atoms with Crippen LogP contribution in [0.4, 0.5) is 5.82 Å². The third-order valence-corrected chi connectivity index (χ3v) is 3.22. The molecule has 0 spiro atoms. The number of nitrogens with one attached hydrogen (secondary N) is 1. The minimum atomic E-state index is -0.736. The molecule has 0 aliphatic heterocycles. The second-order valence-electron chi connectivity index (χ2n) is 4.78. The molecule has 3 aromatic rings. The average Bonchev–Trinajstić information content (AvgIpc) is 3.03. The molecule has 1 amide bonds. The Hall–Kier alpha value is -2.89. The first-order valence-corrected chi connectivity index (χ1v) is 6.39. The van der Waals surface area contributed by atoms with Gasteiger partial charge >= 0.3 is 0 Å². The number of hydrogen-bond donors (Lipinski definition) is 1. The highest BCUT2D eigenvalue weighted by molar-refractivity contribution is 6.48. The lowest BCUT2D eigenvalue weighted by molar-refractivity contribution is -0.112. The van der Waals surface area contributed by atoms with Gasteiger partial charge in [-0.15, -0.1) is 0 Å². The van der Waals surface area contributed by atoms with Crippen molar-refractivity contribution in [1.82, 2.24) is 9.72 Å². The number of aromatic nitrogens is 2. The smallest absolute Gasteiger partial charge is 0.298 e. The SMILES string of the molecule is Cc1cc(NC(=O)C(=O)c2cn(C)c3ccccc23)no1. The van der Waals surface area contributed by atoms with Crippen LogP contribution in [0.5, 0.6) is 0 Å². The molecule has 2 aromatic heterocycles. The van der Waals surface area contributed by atoms with E-state index in [9.17, 15) is 9.59 Å². The molecule has 0 saturated heterocycles. The van der Waals surface area contributed by atoms with E-state index in [4.69, 9.17) is 4.52 Å². The highest BCUT2D eigenvalue weighted by Gasteiger charge is 2.21. The Morgan fingerprint density at radius 2 is 2.05 bits per heavy atom. The molecule has 2 heterocycles. The summed E-state index contributed by atoms with van der Waals surface area (Å²) in [6, 6.07) is 8.97. The minimum Gasteiger partial charge on any atom is -0.360 e. The van der Waals surface area contributed by atoms with Gasteiger partial charge in [0.1, 0.15) is 5.76 Å². The van der Waals surface area contributed by atoms with E-state index in [0.29, 0.717) is 11.3 Å². The van der Waals surface area contributed by atoms with Gasteiger partial charge in [-0.1, -0.05) is 23.4 Å². The van der Waals surface area contributed by atoms with E-state index in [-0.39, 0.29) is 5.82 Å². The second-order valence-corrected chi connectivity index (χ2v) is 4.78. The summed E-state index contributed by atoms with van der Waals surface area (Å²) in [5.41, 5.74) is 1.26. The molecule has 1 aromatic carbocycles. The molecule has 0 radical (unpaired) electrons. The number of Topliss-reactive ketones (excluding diaryl/α,β-unsaturated/α-hetero) is 1. The Labute approximate surface area is 120 Å². The van der Waals surface area contributed by atoms with Gasteiger partial charge in [0.25, 0.3) is 11.7 Å². The minimum absolute atomic E-state index is 0.228. The first-order valence-electron chi connectivity index (χ1n) is 6.39. The number of benzene rings is 1. The van der Waals surface area contributed by atoms with Crippen molar-refractivity contribution in [3.63, 3.8) is 0 Å². The third-order valence-electron chi connectivity index (χ3n) is 3.22. The molecule has 21 heavy (non-hydrogen) atoms. The van der Waals surface area contributed by atoms with E-state index >= 15 is 0 Å². The lowest BCUT2D eigenvalue weighted by atomic mass is 10.1. The zero-order valence-corrected chi connectivity index (χ0v) is 11.6. The van der Waals surface area contributed by atoms with Gasteiger partial charge in [0.05, 0.1) is 5.56 Å². The van der Waals surface area contributed by atoms with Gasteiger partial charge in [0.2, 0.25) is 0 Å². The summed E-state index contributed by atoms with van der Waals surface area (Å²) in [7, 11) is 1.83. The van der Waals surface area contributed by atoms with E-state index in [2.05, 4.69) is 10.5 Å². The van der Waals surface area contributed by atoms with Gasteiger partial charge in [-0.3, -0.25) is 9.59 Å². The standard InChI is InChI=1S/C15H13N3O3/c1-9-7-13(17-21-9)16-15(20)14(19)11-8-18(2)12-6-4-3-5-10(11)12/h3-8H,1-2H3,(H,16,17,20). The summed E-state index contributed by atoms with van der Waals surface area (Å²) in [5.74, 6) is -0.555. The predicted octanol–water partition coefficient (Wildman–Crippen LogP) is 2.30. The molecule has 0 bridgehead atoms. The molecule has 6 nitrogen and oxygen atoms in total. The molecular weight excluding hydrogens is 270 g/mol. The largest absolute Gasteiger partial charge is 0.360 e. The van der Waals surface area contributed by atoms with Crippen molar-refractivity contribution in [3.8, 4) is 0 Å². The van der Waals surface area contributed by atoms with Gasteiger partial charge in [0, 0.05) is 30.2 Å². The average molecular weight is 283 g/mol. The number of aryl methyl sites for hydroxylation is 2. The van der Waals surface area contributed by atoms with Crippen molar-refractivity contribution in [2.75, 3.05) is 5.32 Å². The monoisotopic (exact) mass is 283 g/mol. The molecule has 0 aliphatic rings. The van der Waals surface area contributed by atoms with E-state index in [1.54, 1.807) is 19.2 Å². The first-order chi connectivity index (χ1) is 10.1. The van der Waals surface area contributed by atoms with Crippen LogP contribution in [0.25, 0.3) is 10.9 Å². The second kappa shape index (κ2) is 4.90. The molecule has 3 rings (SSSR count). The van der Waals surface area contributed by atoms with Crippen molar-refractivity contribution in [2.45, 2.75) is 6.92 Å². The van der Waals surface area contributed by atoms with Crippen LogP contribution in [0, 0.1) is 6.92 Å². The number of anilines is 1. The van der Waals surface area contributed by atoms with Crippen LogP contribution >= 0.6 is 0 Å². The Morgan fingerprint density at radius 1 is 1.29 bits per heavy atom. The fraction of sp³-hybridized carbons (Fsp3) is 0.133. The van der Waals surface area contributed by atoms with E-state index in [1.807, 2.05) is 35.9 Å². The number of rotatable bonds is 3. The number of ketones is 1. The fourth-order valence-corrected chi connectivity index (χ4v) is 2.24. The van der Waals surface area contributed by atoms with Gasteiger partial charge in [-0.2, -0.15) is 0 Å². The maximum absolute atomic E-state index is 12.3. The zero-order chi connectivity index (χ0) is 15.0. The Morgan fingerprint density at radius 3 is 2.76 bits per heavy atom. The Balaban J connectivity index is 1.91. The van der Waals surface area contributed by atoms with Crippen LogP contribution in [0.3, 0.4) is 0 Å². The van der Waals surface area contributed by atoms with E-state index in [1.165, 1.54) is 0 Å². The molecule has 1 N–H and O–H groups in total. The molecule has 106 valence electrons. The number of para-hydroxylation sites is 1. The predicted molar refractivity (Wildman–Crippen MR) is 77.1 cm³/mol. The summed E-state index contributed by atoms with van der Waals surface area (Å²) >= 11 is 0. The molecule has 0 atom stereocenters. The van der Waals surface area contributed by atoms with Crippen LogP contribution in [0.2, 0.25) is 0 Å². The van der Waals surface area contributed by atoms with Crippen LogP contribution in [0.1, 0.15) is 16.1 Å². The van der Waals surface area contributed by atoms with Crippen molar-refractivity contribution in [3.05, 3.63) is 47.9 Å². The maximum Gasteiger partial charge on any atom is 0.298 e. The highest BCUT2D eigenvalue weighted by atomic mass is 16.5. The van der Waals surface area contributed by atoms with Crippen LogP contribution in [-0.2, 0) is 11.8 Å². The molecule has 0 fully saturated rings. The number of nitrogens with zero attached hydrogens (tertiary/aromatic N) is 2. The quantitative estimate of drug-likeness (QED) is 0.591. The summed E-state index contributed by atoms with van der Waals surface area (Å²) in [6.07, 6.45) is 1.65. The van der Waals surface area contributed by atoms with Gasteiger partial charge in [-0.25, -0.2) is 0 Å². The molecule has 0 unspecified atom stereocenters. The van der Waals surface area contributed by atoms with Crippen LogP contribution in [0.15, 0.2) is 41.1 Å². The molecule has 0 aliphatic carbocycles. The lowest BCUT2D eigenvalue weighted by Gasteiger charge is -1.99. The third kappa shape index (κ3) is 2.31. The number of carbonyl (C=O) groups is 2. The lowest BCUT2D eigenvalue weighted by Crippen LogP contribution is -2.22. The summed E-state index contributed by atoms with van der Waals surface area (Å²) < 4.78 is 6.66.